The van der Waals surface area contributed by atoms with Gasteiger partial charge in [0, 0.05) is 31.9 Å². The van der Waals surface area contributed by atoms with E-state index in [1.807, 2.05) is 0 Å². The molecular formula is C18H26N4. The fraction of sp³-hybridized carbons (Fsp3) is 0.667. The molecule has 1 aromatic rings. The van der Waals surface area contributed by atoms with Gasteiger partial charge in [-0.3, -0.25) is 0 Å². The van der Waals surface area contributed by atoms with Crippen molar-refractivity contribution in [2.24, 2.45) is 0 Å². The molecule has 118 valence electrons. The summed E-state index contributed by atoms with van der Waals surface area (Å²) in [4.78, 5) is 9.65. The Kier molecular flexibility index (Phi) is 4.35. The van der Waals surface area contributed by atoms with Gasteiger partial charge in [0.15, 0.2) is 0 Å². The summed E-state index contributed by atoms with van der Waals surface area (Å²) in [7, 11) is 2.16. The Labute approximate surface area is 133 Å². The Morgan fingerprint density at radius 1 is 1.05 bits per heavy atom. The number of hydrogen-bond acceptors (Lipinski definition) is 4. The molecule has 0 amide bonds. The first-order valence-corrected chi connectivity index (χ1v) is 8.51. The lowest BCUT2D eigenvalue weighted by Crippen LogP contribution is -2.45. The molecule has 22 heavy (non-hydrogen) atoms. The lowest BCUT2D eigenvalue weighted by molar-refractivity contribution is 0.312. The fourth-order valence-corrected chi connectivity index (χ4v) is 3.68. The number of piperazine rings is 1. The fourth-order valence-electron chi connectivity index (χ4n) is 3.68. The Hall–Kier alpha value is -1.60. The molecule has 0 radical (unpaired) electrons. The molecule has 2 heterocycles. The molecule has 0 aromatic carbocycles. The monoisotopic (exact) mass is 298 g/mol. The van der Waals surface area contributed by atoms with Gasteiger partial charge in [0.2, 0.25) is 0 Å². The van der Waals surface area contributed by atoms with Gasteiger partial charge < -0.3 is 9.80 Å². The molecule has 0 bridgehead atoms. The van der Waals surface area contributed by atoms with Gasteiger partial charge in [-0.05, 0) is 49.8 Å². The van der Waals surface area contributed by atoms with Crippen LogP contribution in [0.5, 0.6) is 0 Å². The van der Waals surface area contributed by atoms with Crippen LogP contribution in [0.2, 0.25) is 0 Å². The number of hydrogen-bond donors (Lipinski definition) is 0. The van der Waals surface area contributed by atoms with Crippen LogP contribution >= 0.6 is 0 Å². The van der Waals surface area contributed by atoms with Crippen LogP contribution in [-0.2, 0) is 12.8 Å². The summed E-state index contributed by atoms with van der Waals surface area (Å²) in [6.07, 6.45) is 4.56. The number of anilines is 1. The van der Waals surface area contributed by atoms with Gasteiger partial charge >= 0.3 is 0 Å². The number of pyridine rings is 1. The van der Waals surface area contributed by atoms with Gasteiger partial charge in [-0.25, -0.2) is 4.98 Å². The van der Waals surface area contributed by atoms with E-state index in [2.05, 4.69) is 36.8 Å². The van der Waals surface area contributed by atoms with E-state index in [9.17, 15) is 5.26 Å². The highest BCUT2D eigenvalue weighted by atomic mass is 15.3. The molecule has 1 aliphatic heterocycles. The SMILES string of the molecule is CC(C)c1nc(N2CCN(C)CC2)c(C#N)c2c1CCCC2. The topological polar surface area (TPSA) is 43.2 Å². The van der Waals surface area contributed by atoms with Crippen LogP contribution in [0.1, 0.15) is 55.0 Å². The standard InChI is InChI=1S/C18H26N4/c1-13(2)17-15-7-5-4-6-14(15)16(12-19)18(20-17)22-10-8-21(3)9-11-22/h13H,4-11H2,1-3H3. The minimum absolute atomic E-state index is 0.422. The van der Waals surface area contributed by atoms with Crippen molar-refractivity contribution >= 4 is 5.82 Å². The molecular weight excluding hydrogens is 272 g/mol. The van der Waals surface area contributed by atoms with E-state index < -0.39 is 0 Å². The molecule has 0 N–H and O–H groups in total. The number of likely N-dealkylation sites (N-methyl/N-ethyl adjacent to an activating group) is 1. The summed E-state index contributed by atoms with van der Waals surface area (Å²) in [5.74, 6) is 1.37. The van der Waals surface area contributed by atoms with Crippen molar-refractivity contribution in [3.05, 3.63) is 22.4 Å². The van der Waals surface area contributed by atoms with E-state index in [0.29, 0.717) is 5.92 Å². The lowest BCUT2D eigenvalue weighted by atomic mass is 9.85. The quantitative estimate of drug-likeness (QED) is 0.842. The molecule has 2 aliphatic rings. The van der Waals surface area contributed by atoms with Gasteiger partial charge in [-0.15, -0.1) is 0 Å². The average molecular weight is 298 g/mol. The zero-order valence-corrected chi connectivity index (χ0v) is 14.0. The van der Waals surface area contributed by atoms with E-state index in [4.69, 9.17) is 4.98 Å². The van der Waals surface area contributed by atoms with Crippen molar-refractivity contribution in [1.82, 2.24) is 9.88 Å². The number of nitriles is 1. The lowest BCUT2D eigenvalue weighted by Gasteiger charge is -2.35. The van der Waals surface area contributed by atoms with Gasteiger partial charge in [0.1, 0.15) is 11.9 Å². The molecule has 0 atom stereocenters. The van der Waals surface area contributed by atoms with E-state index in [-0.39, 0.29) is 0 Å². The first-order chi connectivity index (χ1) is 10.6. The van der Waals surface area contributed by atoms with Crippen molar-refractivity contribution in [2.75, 3.05) is 38.1 Å². The average Bonchev–Trinajstić information content (AvgIpc) is 2.53. The maximum absolute atomic E-state index is 9.76. The second-order valence-corrected chi connectivity index (χ2v) is 6.92. The number of nitrogens with zero attached hydrogens (tertiary/aromatic N) is 4. The normalized spacial score (nSPS) is 19.1. The highest BCUT2D eigenvalue weighted by molar-refractivity contribution is 5.62. The minimum Gasteiger partial charge on any atom is -0.353 e. The van der Waals surface area contributed by atoms with Crippen molar-refractivity contribution in [2.45, 2.75) is 45.4 Å². The highest BCUT2D eigenvalue weighted by Crippen LogP contribution is 2.35. The molecule has 4 nitrogen and oxygen atoms in total. The van der Waals surface area contributed by atoms with Crippen LogP contribution in [-0.4, -0.2) is 43.1 Å². The number of aromatic nitrogens is 1. The van der Waals surface area contributed by atoms with Crippen LogP contribution in [0, 0.1) is 11.3 Å². The third kappa shape index (κ3) is 2.70. The largest absolute Gasteiger partial charge is 0.353 e. The van der Waals surface area contributed by atoms with Crippen molar-refractivity contribution in [3.8, 4) is 6.07 Å². The Balaban J connectivity index is 2.09. The van der Waals surface area contributed by atoms with Crippen molar-refractivity contribution < 1.29 is 0 Å². The Morgan fingerprint density at radius 3 is 2.27 bits per heavy atom. The molecule has 4 heteroatoms. The predicted molar refractivity (Wildman–Crippen MR) is 89.4 cm³/mol. The summed E-state index contributed by atoms with van der Waals surface area (Å²) in [6, 6.07) is 2.48. The van der Waals surface area contributed by atoms with Gasteiger partial charge in [0.05, 0.1) is 5.56 Å². The summed E-state index contributed by atoms with van der Waals surface area (Å²) < 4.78 is 0. The van der Waals surface area contributed by atoms with E-state index in [0.717, 1.165) is 50.4 Å². The molecule has 1 saturated heterocycles. The zero-order valence-electron chi connectivity index (χ0n) is 14.0. The third-order valence-electron chi connectivity index (χ3n) is 4.99. The first-order valence-electron chi connectivity index (χ1n) is 8.51. The molecule has 0 saturated carbocycles. The summed E-state index contributed by atoms with van der Waals surface area (Å²) in [5.41, 5.74) is 4.74. The summed E-state index contributed by atoms with van der Waals surface area (Å²) in [5, 5.41) is 9.76. The molecule has 3 rings (SSSR count). The van der Waals surface area contributed by atoms with Gasteiger partial charge in [0.25, 0.3) is 0 Å². The first kappa shape index (κ1) is 15.3. The van der Waals surface area contributed by atoms with E-state index in [1.165, 1.54) is 29.7 Å². The Morgan fingerprint density at radius 2 is 1.68 bits per heavy atom. The third-order valence-corrected chi connectivity index (χ3v) is 4.99. The highest BCUT2D eigenvalue weighted by Gasteiger charge is 2.26. The second kappa shape index (κ2) is 6.26. The van der Waals surface area contributed by atoms with Crippen LogP contribution in [0.15, 0.2) is 0 Å². The molecule has 1 fully saturated rings. The number of fused-ring (bicyclic) bond motifs is 1. The van der Waals surface area contributed by atoms with Gasteiger partial charge in [-0.2, -0.15) is 5.26 Å². The molecule has 0 spiro atoms. The maximum Gasteiger partial charge on any atom is 0.147 e. The number of rotatable bonds is 2. The van der Waals surface area contributed by atoms with E-state index >= 15 is 0 Å². The van der Waals surface area contributed by atoms with E-state index in [1.54, 1.807) is 0 Å². The van der Waals surface area contributed by atoms with Crippen molar-refractivity contribution in [1.29, 1.82) is 5.26 Å². The van der Waals surface area contributed by atoms with Crippen LogP contribution < -0.4 is 4.90 Å². The summed E-state index contributed by atoms with van der Waals surface area (Å²) in [6.45, 7) is 8.46. The predicted octanol–water partition coefficient (Wildman–Crippen LogP) is 2.71. The second-order valence-electron chi connectivity index (χ2n) is 6.92. The molecule has 1 aliphatic carbocycles. The van der Waals surface area contributed by atoms with Crippen LogP contribution in [0.3, 0.4) is 0 Å². The molecule has 0 unspecified atom stereocenters. The minimum atomic E-state index is 0.422. The molecule has 1 aromatic heterocycles. The van der Waals surface area contributed by atoms with Gasteiger partial charge in [-0.1, -0.05) is 13.8 Å². The maximum atomic E-state index is 9.76. The smallest absolute Gasteiger partial charge is 0.147 e. The van der Waals surface area contributed by atoms with Crippen molar-refractivity contribution in [3.63, 3.8) is 0 Å². The van der Waals surface area contributed by atoms with Crippen LogP contribution in [0.4, 0.5) is 5.82 Å². The van der Waals surface area contributed by atoms with Crippen LogP contribution in [0.25, 0.3) is 0 Å². The Bertz CT molecular complexity index is 592. The summed E-state index contributed by atoms with van der Waals surface area (Å²) >= 11 is 0. The zero-order chi connectivity index (χ0) is 15.7.